The van der Waals surface area contributed by atoms with Gasteiger partial charge in [0.2, 0.25) is 0 Å². The molecule has 0 spiro atoms. The van der Waals surface area contributed by atoms with Gasteiger partial charge in [0.1, 0.15) is 0 Å². The Hall–Kier alpha value is -2.17. The van der Waals surface area contributed by atoms with Crippen LogP contribution in [0.5, 0.6) is 0 Å². The first-order valence-corrected chi connectivity index (χ1v) is 4.86. The molecule has 3 aromatic rings. The van der Waals surface area contributed by atoms with E-state index in [0.717, 1.165) is 16.5 Å². The van der Waals surface area contributed by atoms with Crippen molar-refractivity contribution in [3.05, 3.63) is 36.9 Å². The monoisotopic (exact) mass is 216 g/mol. The molecule has 0 N–H and O–H groups in total. The summed E-state index contributed by atoms with van der Waals surface area (Å²) in [5, 5.41) is 4.87. The highest BCUT2D eigenvalue weighted by Gasteiger charge is 2.05. The van der Waals surface area contributed by atoms with Crippen LogP contribution in [0.1, 0.15) is 0 Å². The van der Waals surface area contributed by atoms with Gasteiger partial charge in [-0.2, -0.15) is 9.89 Å². The zero-order valence-corrected chi connectivity index (χ0v) is 8.63. The van der Waals surface area contributed by atoms with E-state index in [1.807, 2.05) is 19.3 Å². The zero-order valence-electron chi connectivity index (χ0n) is 8.63. The second-order valence-corrected chi connectivity index (χ2v) is 3.67. The topological polar surface area (TPSA) is 35.6 Å². The number of aryl methyl sites for hydroxylation is 1. The maximum atomic E-state index is 13.1. The van der Waals surface area contributed by atoms with Gasteiger partial charge in [0.25, 0.3) is 0 Å². The Morgan fingerprint density at radius 1 is 1.25 bits per heavy atom. The number of aromatic nitrogens is 4. The fourth-order valence-corrected chi connectivity index (χ4v) is 1.72. The van der Waals surface area contributed by atoms with Crippen molar-refractivity contribution in [2.45, 2.75) is 0 Å². The van der Waals surface area contributed by atoms with Crippen LogP contribution in [0.2, 0.25) is 0 Å². The average Bonchev–Trinajstić information content (AvgIpc) is 2.86. The van der Waals surface area contributed by atoms with Gasteiger partial charge in [-0.25, -0.2) is 4.98 Å². The molecule has 3 aromatic heterocycles. The Balaban J connectivity index is 2.18. The summed E-state index contributed by atoms with van der Waals surface area (Å²) in [5.74, 6) is 0. The maximum Gasteiger partial charge on any atom is 0.169 e. The Morgan fingerprint density at radius 2 is 2.12 bits per heavy atom. The van der Waals surface area contributed by atoms with Gasteiger partial charge in [-0.3, -0.25) is 4.68 Å². The average molecular weight is 216 g/mol. The smallest absolute Gasteiger partial charge is 0.169 e. The number of hydrogen-bond donors (Lipinski definition) is 0. The van der Waals surface area contributed by atoms with E-state index < -0.39 is 0 Å². The molecule has 16 heavy (non-hydrogen) atoms. The third kappa shape index (κ3) is 1.29. The van der Waals surface area contributed by atoms with E-state index in [9.17, 15) is 4.48 Å². The fourth-order valence-electron chi connectivity index (χ4n) is 1.72. The molecule has 4 nitrogen and oxygen atoms in total. The molecule has 5 heteroatoms. The van der Waals surface area contributed by atoms with Gasteiger partial charge in [0.05, 0.1) is 6.20 Å². The number of hydrogen-bond acceptors (Lipinski definition) is 2. The van der Waals surface area contributed by atoms with E-state index in [1.54, 1.807) is 23.1 Å². The molecule has 0 atom stereocenters. The summed E-state index contributed by atoms with van der Waals surface area (Å²) >= 11 is 0. The lowest BCUT2D eigenvalue weighted by molar-refractivity contribution is 0.385. The molecule has 0 fully saturated rings. The highest BCUT2D eigenvalue weighted by molar-refractivity contribution is 5.81. The summed E-state index contributed by atoms with van der Waals surface area (Å²) in [6.07, 6.45) is 6.66. The molecule has 3 heterocycles. The number of rotatable bonds is 1. The molecule has 0 aromatic carbocycles. The van der Waals surface area contributed by atoms with Gasteiger partial charge in [0, 0.05) is 42.2 Å². The normalized spacial score (nSPS) is 11.1. The lowest BCUT2D eigenvalue weighted by atomic mass is 10.1. The van der Waals surface area contributed by atoms with E-state index in [1.165, 1.54) is 6.20 Å². The molecular formula is C11H9FN4. The van der Waals surface area contributed by atoms with E-state index in [-0.39, 0.29) is 0 Å². The molecule has 0 unspecified atom stereocenters. The van der Waals surface area contributed by atoms with Crippen LogP contribution in [0, 0.1) is 0 Å². The number of fused-ring (bicyclic) bond motifs is 1. The van der Waals surface area contributed by atoms with Crippen LogP contribution in [0.15, 0.2) is 36.9 Å². The minimum atomic E-state index is 0.340. The third-order valence-electron chi connectivity index (χ3n) is 2.52. The highest BCUT2D eigenvalue weighted by Crippen LogP contribution is 2.22. The van der Waals surface area contributed by atoms with Crippen LogP contribution >= 0.6 is 0 Å². The first-order chi connectivity index (χ1) is 7.74. The van der Waals surface area contributed by atoms with Crippen LogP contribution in [0.4, 0.5) is 4.48 Å². The maximum absolute atomic E-state index is 13.1. The van der Waals surface area contributed by atoms with Crippen LogP contribution in [-0.4, -0.2) is 19.6 Å². The standard InChI is InChI=1S/C11H9FN4/c1-15-7-10(6-14-15)9-4-8-2-3-16(12)11(8)13-5-9/h2-7H,1H3. The molecule has 0 aliphatic heterocycles. The van der Waals surface area contributed by atoms with Crippen LogP contribution in [0.3, 0.4) is 0 Å². The Kier molecular flexibility index (Phi) is 1.80. The number of nitrogens with zero attached hydrogens (tertiary/aromatic N) is 4. The molecule has 0 bridgehead atoms. The van der Waals surface area contributed by atoms with Crippen molar-refractivity contribution in [2.75, 3.05) is 0 Å². The van der Waals surface area contributed by atoms with Gasteiger partial charge >= 0.3 is 0 Å². The number of pyridine rings is 1. The molecule has 3 rings (SSSR count). The molecule has 0 aliphatic rings. The summed E-state index contributed by atoms with van der Waals surface area (Å²) in [5.41, 5.74) is 2.25. The second kappa shape index (κ2) is 3.16. The molecule has 0 amide bonds. The first kappa shape index (κ1) is 9.08. The van der Waals surface area contributed by atoms with Crippen molar-refractivity contribution in [2.24, 2.45) is 7.05 Å². The van der Waals surface area contributed by atoms with E-state index >= 15 is 0 Å². The highest BCUT2D eigenvalue weighted by atomic mass is 19.2. The summed E-state index contributed by atoms with van der Waals surface area (Å²) in [6.45, 7) is 0. The van der Waals surface area contributed by atoms with E-state index in [4.69, 9.17) is 0 Å². The minimum Gasteiger partial charge on any atom is -0.275 e. The van der Waals surface area contributed by atoms with Gasteiger partial charge in [-0.1, -0.05) is 4.48 Å². The predicted octanol–water partition coefficient (Wildman–Crippen LogP) is 2.17. The van der Waals surface area contributed by atoms with Crippen molar-refractivity contribution in [3.8, 4) is 11.1 Å². The Labute approximate surface area is 90.9 Å². The van der Waals surface area contributed by atoms with Gasteiger partial charge in [0.15, 0.2) is 5.65 Å². The van der Waals surface area contributed by atoms with Crippen LogP contribution in [0.25, 0.3) is 22.2 Å². The molecular weight excluding hydrogens is 207 g/mol. The van der Waals surface area contributed by atoms with E-state index in [0.29, 0.717) is 10.4 Å². The molecule has 0 saturated heterocycles. The van der Waals surface area contributed by atoms with Crippen molar-refractivity contribution < 1.29 is 4.48 Å². The molecule has 0 aliphatic carbocycles. The van der Waals surface area contributed by atoms with Crippen molar-refractivity contribution >= 4 is 11.0 Å². The minimum absolute atomic E-state index is 0.340. The molecule has 0 radical (unpaired) electrons. The Bertz CT molecular complexity index is 653. The lowest BCUT2D eigenvalue weighted by Gasteiger charge is -1.97. The molecule has 0 saturated carbocycles. The van der Waals surface area contributed by atoms with Crippen molar-refractivity contribution in [1.82, 2.24) is 19.6 Å². The van der Waals surface area contributed by atoms with Crippen LogP contribution in [-0.2, 0) is 7.05 Å². The zero-order chi connectivity index (χ0) is 11.1. The summed E-state index contributed by atoms with van der Waals surface area (Å²) < 4.78 is 14.8. The van der Waals surface area contributed by atoms with Gasteiger partial charge in [-0.05, 0) is 12.1 Å². The SMILES string of the molecule is Cn1cc(-c2cnc3c(ccn3F)c2)cn1. The fraction of sp³-hybridized carbons (Fsp3) is 0.0909. The van der Waals surface area contributed by atoms with Gasteiger partial charge in [-0.15, -0.1) is 0 Å². The van der Waals surface area contributed by atoms with Crippen LogP contribution < -0.4 is 0 Å². The Morgan fingerprint density at radius 3 is 2.88 bits per heavy atom. The molecule has 80 valence electrons. The largest absolute Gasteiger partial charge is 0.275 e. The predicted molar refractivity (Wildman–Crippen MR) is 58.4 cm³/mol. The first-order valence-electron chi connectivity index (χ1n) is 4.86. The number of halogens is 1. The third-order valence-corrected chi connectivity index (χ3v) is 2.52. The van der Waals surface area contributed by atoms with E-state index in [2.05, 4.69) is 10.1 Å². The van der Waals surface area contributed by atoms with Crippen molar-refractivity contribution in [1.29, 1.82) is 0 Å². The second-order valence-electron chi connectivity index (χ2n) is 3.67. The summed E-state index contributed by atoms with van der Waals surface area (Å²) in [6, 6.07) is 3.59. The van der Waals surface area contributed by atoms with Gasteiger partial charge < -0.3 is 0 Å². The lowest BCUT2D eigenvalue weighted by Crippen LogP contribution is -1.85. The quantitative estimate of drug-likeness (QED) is 0.625. The van der Waals surface area contributed by atoms with Crippen molar-refractivity contribution in [3.63, 3.8) is 0 Å². The summed E-state index contributed by atoms with van der Waals surface area (Å²) in [7, 11) is 1.85. The summed E-state index contributed by atoms with van der Waals surface area (Å²) in [4.78, 5) is 4.59.